The van der Waals surface area contributed by atoms with Crippen molar-refractivity contribution in [2.24, 2.45) is 5.92 Å². The van der Waals surface area contributed by atoms with Gasteiger partial charge in [-0.2, -0.15) is 4.79 Å². The van der Waals surface area contributed by atoms with Gasteiger partial charge in [0.2, 0.25) is 5.91 Å². The molecule has 0 fully saturated rings. The van der Waals surface area contributed by atoms with Gasteiger partial charge >= 0.3 is 12.3 Å². The number of ether oxygens (including phenoxy) is 1. The highest BCUT2D eigenvalue weighted by molar-refractivity contribution is 6.28. The molecule has 1 rings (SSSR count). The maximum atomic E-state index is 12.1. The molecule has 0 saturated carbocycles. The second kappa shape index (κ2) is 10.00. The summed E-state index contributed by atoms with van der Waals surface area (Å²) >= 11 is 0. The maximum absolute atomic E-state index is 12.1. The fourth-order valence-electron chi connectivity index (χ4n) is 1.99. The molecule has 0 saturated heterocycles. The van der Waals surface area contributed by atoms with Gasteiger partial charge < -0.3 is 20.9 Å². The standard InChI is InChI=1S/C17H22N4O4/c1-11(2)15(14(22)9-19-18)21-16(23)12(3)20-17(24)25-10-13-7-5-4-6-8-13/h4-9,11-12,15H,10H2,1-3H3,(H,20,24)(H,21,23)/t12-,15-/m0/s1. The molecule has 2 amide bonds. The lowest BCUT2D eigenvalue weighted by molar-refractivity contribution is -0.128. The number of nitrogens with one attached hydrogen (secondary N) is 2. The monoisotopic (exact) mass is 346 g/mol. The quantitative estimate of drug-likeness (QED) is 0.419. The van der Waals surface area contributed by atoms with Gasteiger partial charge in [0.05, 0.1) is 0 Å². The van der Waals surface area contributed by atoms with Crippen LogP contribution in [0.2, 0.25) is 0 Å². The molecule has 0 aliphatic rings. The Morgan fingerprint density at radius 1 is 1.16 bits per heavy atom. The van der Waals surface area contributed by atoms with Gasteiger partial charge in [-0.1, -0.05) is 44.2 Å². The van der Waals surface area contributed by atoms with Crippen LogP contribution in [0.15, 0.2) is 30.3 Å². The fourth-order valence-corrected chi connectivity index (χ4v) is 1.99. The second-order valence-electron chi connectivity index (χ2n) is 5.80. The predicted molar refractivity (Wildman–Crippen MR) is 90.7 cm³/mol. The first-order valence-electron chi connectivity index (χ1n) is 7.84. The molecule has 0 aliphatic carbocycles. The van der Waals surface area contributed by atoms with Crippen LogP contribution in [0.3, 0.4) is 0 Å². The first-order valence-corrected chi connectivity index (χ1v) is 7.84. The number of amides is 2. The van der Waals surface area contributed by atoms with Crippen molar-refractivity contribution < 1.29 is 23.9 Å². The van der Waals surface area contributed by atoms with Crippen molar-refractivity contribution in [3.8, 4) is 0 Å². The number of hydrogen-bond acceptors (Lipinski definition) is 4. The summed E-state index contributed by atoms with van der Waals surface area (Å²) in [5, 5.41) is 4.92. The van der Waals surface area contributed by atoms with Crippen molar-refractivity contribution in [1.29, 1.82) is 0 Å². The van der Waals surface area contributed by atoms with Gasteiger partial charge in [0.1, 0.15) is 18.7 Å². The number of rotatable bonds is 8. The van der Waals surface area contributed by atoms with Crippen LogP contribution < -0.4 is 10.6 Å². The zero-order valence-corrected chi connectivity index (χ0v) is 14.4. The summed E-state index contributed by atoms with van der Waals surface area (Å²) in [6.45, 7) is 5.03. The van der Waals surface area contributed by atoms with E-state index in [2.05, 4.69) is 15.4 Å². The lowest BCUT2D eigenvalue weighted by Crippen LogP contribution is -2.52. The first-order chi connectivity index (χ1) is 11.8. The Balaban J connectivity index is 2.52. The molecule has 0 radical (unpaired) electrons. The molecule has 0 heterocycles. The molecule has 2 atom stereocenters. The molecule has 0 unspecified atom stereocenters. The molecule has 134 valence electrons. The molecule has 2 N–H and O–H groups in total. The molecule has 0 spiro atoms. The van der Waals surface area contributed by atoms with E-state index in [4.69, 9.17) is 10.3 Å². The number of ketones is 1. The molecular formula is C17H22N4O4. The zero-order chi connectivity index (χ0) is 18.8. The topological polar surface area (TPSA) is 121 Å². The van der Waals surface area contributed by atoms with E-state index in [1.54, 1.807) is 13.8 Å². The van der Waals surface area contributed by atoms with Crippen molar-refractivity contribution in [2.75, 3.05) is 0 Å². The Hall–Kier alpha value is -2.99. The summed E-state index contributed by atoms with van der Waals surface area (Å²) in [7, 11) is 0. The van der Waals surface area contributed by atoms with Crippen LogP contribution in [-0.2, 0) is 20.9 Å². The third-order valence-corrected chi connectivity index (χ3v) is 3.40. The van der Waals surface area contributed by atoms with Crippen molar-refractivity contribution in [3.63, 3.8) is 0 Å². The summed E-state index contributed by atoms with van der Waals surface area (Å²) in [4.78, 5) is 38.4. The van der Waals surface area contributed by atoms with E-state index in [1.807, 2.05) is 30.3 Å². The molecule has 1 aromatic carbocycles. The lowest BCUT2D eigenvalue weighted by atomic mass is 10.00. The highest BCUT2D eigenvalue weighted by atomic mass is 16.5. The summed E-state index contributed by atoms with van der Waals surface area (Å²) in [5.74, 6) is -1.30. The van der Waals surface area contributed by atoms with E-state index in [0.717, 1.165) is 11.8 Å². The Morgan fingerprint density at radius 3 is 2.36 bits per heavy atom. The van der Waals surface area contributed by atoms with Gasteiger partial charge in [-0.3, -0.25) is 9.59 Å². The maximum Gasteiger partial charge on any atom is 0.408 e. The number of nitrogens with zero attached hydrogens (tertiary/aromatic N) is 2. The first kappa shape index (κ1) is 20.1. The molecule has 25 heavy (non-hydrogen) atoms. The van der Waals surface area contributed by atoms with Gasteiger partial charge in [0.25, 0.3) is 5.78 Å². The summed E-state index contributed by atoms with van der Waals surface area (Å²) in [6.07, 6.45) is -0.00666. The molecule has 0 bridgehead atoms. The normalized spacial score (nSPS) is 12.5. The SMILES string of the molecule is CC(C)[C@H](NC(=O)[C@H](C)NC(=O)OCc1ccccc1)C(=O)C=[N+]=[N-]. The highest BCUT2D eigenvalue weighted by Gasteiger charge is 2.27. The predicted octanol–water partition coefficient (Wildman–Crippen LogP) is 1.31. The number of carbonyl (C=O) groups is 3. The Labute approximate surface area is 146 Å². The van der Waals surface area contributed by atoms with Crippen LogP contribution in [0.4, 0.5) is 4.79 Å². The molecule has 0 aliphatic heterocycles. The van der Waals surface area contributed by atoms with Crippen LogP contribution >= 0.6 is 0 Å². The third-order valence-electron chi connectivity index (χ3n) is 3.40. The second-order valence-corrected chi connectivity index (χ2v) is 5.80. The van der Waals surface area contributed by atoms with Crippen molar-refractivity contribution in [1.82, 2.24) is 10.6 Å². The van der Waals surface area contributed by atoms with E-state index in [9.17, 15) is 14.4 Å². The molecule has 0 aromatic heterocycles. The lowest BCUT2D eigenvalue weighted by Gasteiger charge is -2.21. The minimum Gasteiger partial charge on any atom is -0.445 e. The number of hydrogen-bond donors (Lipinski definition) is 2. The Bertz CT molecular complexity index is 654. The van der Waals surface area contributed by atoms with Gasteiger partial charge in [0, 0.05) is 0 Å². The van der Waals surface area contributed by atoms with E-state index >= 15 is 0 Å². The van der Waals surface area contributed by atoms with E-state index in [1.165, 1.54) is 6.92 Å². The van der Waals surface area contributed by atoms with E-state index < -0.39 is 29.9 Å². The average Bonchev–Trinajstić information content (AvgIpc) is 2.58. The van der Waals surface area contributed by atoms with Crippen LogP contribution in [-0.4, -0.2) is 40.9 Å². The average molecular weight is 346 g/mol. The van der Waals surface area contributed by atoms with E-state index in [0.29, 0.717) is 0 Å². The fraction of sp³-hybridized carbons (Fsp3) is 0.412. The van der Waals surface area contributed by atoms with Gasteiger partial charge in [-0.05, 0) is 18.4 Å². The smallest absolute Gasteiger partial charge is 0.408 e. The molecular weight excluding hydrogens is 324 g/mol. The van der Waals surface area contributed by atoms with Crippen LogP contribution in [0.5, 0.6) is 0 Å². The van der Waals surface area contributed by atoms with Gasteiger partial charge in [-0.15, -0.1) is 0 Å². The molecule has 1 aromatic rings. The minimum atomic E-state index is -0.900. The number of benzene rings is 1. The van der Waals surface area contributed by atoms with Crippen LogP contribution in [0.25, 0.3) is 5.53 Å². The van der Waals surface area contributed by atoms with Crippen LogP contribution in [0.1, 0.15) is 26.3 Å². The van der Waals surface area contributed by atoms with Gasteiger partial charge in [0.15, 0.2) is 0 Å². The third kappa shape index (κ3) is 6.97. The van der Waals surface area contributed by atoms with Crippen molar-refractivity contribution >= 4 is 24.0 Å². The zero-order valence-electron chi connectivity index (χ0n) is 14.4. The van der Waals surface area contributed by atoms with Crippen molar-refractivity contribution in [3.05, 3.63) is 41.4 Å². The molecule has 8 heteroatoms. The Morgan fingerprint density at radius 2 is 1.80 bits per heavy atom. The number of alkyl carbamates (subject to hydrolysis) is 1. The Kier molecular flexibility index (Phi) is 8.02. The summed E-state index contributed by atoms with van der Waals surface area (Å²) in [6, 6.07) is 7.37. The summed E-state index contributed by atoms with van der Waals surface area (Å²) in [5.41, 5.74) is 9.27. The number of Topliss-reactive ketones (excluding diaryl/α,β-unsaturated/α-hetero) is 1. The highest BCUT2D eigenvalue weighted by Crippen LogP contribution is 2.03. The molecule has 8 nitrogen and oxygen atoms in total. The van der Waals surface area contributed by atoms with Crippen LogP contribution in [0, 0.1) is 5.92 Å². The largest absolute Gasteiger partial charge is 0.445 e. The summed E-state index contributed by atoms with van der Waals surface area (Å²) < 4.78 is 5.04. The van der Waals surface area contributed by atoms with Gasteiger partial charge in [-0.25, -0.2) is 4.79 Å². The van der Waals surface area contributed by atoms with Crippen molar-refractivity contribution in [2.45, 2.75) is 39.5 Å². The van der Waals surface area contributed by atoms with E-state index in [-0.39, 0.29) is 12.5 Å². The minimum absolute atomic E-state index is 0.0844. The number of carbonyl (C=O) groups excluding carboxylic acids is 3.